The number of nitrogens with two attached hydrogens (primary N) is 1. The molecule has 108 valence electrons. The first-order chi connectivity index (χ1) is 9.11. The Labute approximate surface area is 113 Å². The highest BCUT2D eigenvalue weighted by Gasteiger charge is 2.35. The van der Waals surface area contributed by atoms with E-state index in [4.69, 9.17) is 10.5 Å². The summed E-state index contributed by atoms with van der Waals surface area (Å²) in [5, 5.41) is 2.93. The Morgan fingerprint density at radius 3 is 2.47 bits per heavy atom. The van der Waals surface area contributed by atoms with E-state index in [9.17, 15) is 9.59 Å². The third-order valence-electron chi connectivity index (χ3n) is 3.76. The van der Waals surface area contributed by atoms with Crippen molar-refractivity contribution in [1.82, 2.24) is 10.2 Å². The van der Waals surface area contributed by atoms with Gasteiger partial charge in [-0.2, -0.15) is 0 Å². The van der Waals surface area contributed by atoms with Crippen LogP contribution >= 0.6 is 0 Å². The van der Waals surface area contributed by atoms with Crippen LogP contribution in [0.3, 0.4) is 0 Å². The number of likely N-dealkylation sites (tertiary alicyclic amines) is 1. The minimum Gasteiger partial charge on any atom is -0.383 e. The van der Waals surface area contributed by atoms with Gasteiger partial charge in [-0.3, -0.25) is 9.59 Å². The molecule has 1 aliphatic heterocycles. The molecule has 1 heterocycles. The summed E-state index contributed by atoms with van der Waals surface area (Å²) in [6.07, 6.45) is 3.70. The second-order valence-corrected chi connectivity index (χ2v) is 5.44. The average molecular weight is 269 g/mol. The van der Waals surface area contributed by atoms with Crippen LogP contribution in [0, 0.1) is 5.92 Å². The van der Waals surface area contributed by atoms with Crippen molar-refractivity contribution in [3.63, 3.8) is 0 Å². The van der Waals surface area contributed by atoms with Crippen molar-refractivity contribution in [1.29, 1.82) is 0 Å². The van der Waals surface area contributed by atoms with E-state index in [0.29, 0.717) is 5.91 Å². The van der Waals surface area contributed by atoms with E-state index < -0.39 is 6.04 Å². The first-order valence-electron chi connectivity index (χ1n) is 6.95. The van der Waals surface area contributed by atoms with Crippen molar-refractivity contribution in [3.05, 3.63) is 0 Å². The molecule has 3 N–H and O–H groups in total. The molecule has 6 heteroatoms. The fourth-order valence-corrected chi connectivity index (χ4v) is 2.40. The fourth-order valence-electron chi connectivity index (χ4n) is 2.40. The van der Waals surface area contributed by atoms with Crippen molar-refractivity contribution < 1.29 is 14.3 Å². The van der Waals surface area contributed by atoms with Crippen molar-refractivity contribution in [2.24, 2.45) is 11.7 Å². The molecule has 2 rings (SSSR count). The van der Waals surface area contributed by atoms with Gasteiger partial charge in [0.2, 0.25) is 11.8 Å². The summed E-state index contributed by atoms with van der Waals surface area (Å²) in [6, 6.07) is -0.491. The zero-order valence-electron chi connectivity index (χ0n) is 11.4. The van der Waals surface area contributed by atoms with Gasteiger partial charge < -0.3 is 20.7 Å². The standard InChI is InChI=1S/C13H23N3O3/c1-19-8-11(14)12(17)15-10-4-6-16(7-5-10)13(18)9-2-3-9/h9-11H,2-8,14H2,1H3,(H,15,17). The van der Waals surface area contributed by atoms with Gasteiger partial charge in [-0.25, -0.2) is 0 Å². The van der Waals surface area contributed by atoms with E-state index in [1.54, 1.807) is 0 Å². The van der Waals surface area contributed by atoms with E-state index in [1.165, 1.54) is 7.11 Å². The molecule has 2 amide bonds. The Bertz CT molecular complexity index is 336. The molecule has 1 atom stereocenters. The normalized spacial score (nSPS) is 22.1. The van der Waals surface area contributed by atoms with E-state index in [1.807, 2.05) is 4.90 Å². The zero-order chi connectivity index (χ0) is 13.8. The summed E-state index contributed by atoms with van der Waals surface area (Å²) in [7, 11) is 1.52. The van der Waals surface area contributed by atoms with Crippen molar-refractivity contribution in [2.75, 3.05) is 26.8 Å². The zero-order valence-corrected chi connectivity index (χ0v) is 11.4. The number of ether oxygens (including phenoxy) is 1. The Morgan fingerprint density at radius 2 is 1.95 bits per heavy atom. The number of carbonyl (C=O) groups is 2. The van der Waals surface area contributed by atoms with Crippen molar-refractivity contribution in [3.8, 4) is 0 Å². The smallest absolute Gasteiger partial charge is 0.239 e. The average Bonchev–Trinajstić information content (AvgIpc) is 3.23. The van der Waals surface area contributed by atoms with Gasteiger partial charge in [0.05, 0.1) is 6.61 Å². The molecular formula is C13H23N3O3. The summed E-state index contributed by atoms with van der Waals surface area (Å²) in [4.78, 5) is 25.5. The fraction of sp³-hybridized carbons (Fsp3) is 0.846. The maximum atomic E-state index is 11.9. The third-order valence-corrected chi connectivity index (χ3v) is 3.76. The summed E-state index contributed by atoms with van der Waals surface area (Å²) in [5.41, 5.74) is 5.67. The van der Waals surface area contributed by atoms with Gasteiger partial charge in [0.25, 0.3) is 0 Å². The van der Waals surface area contributed by atoms with Crippen LogP contribution in [0.1, 0.15) is 25.7 Å². The summed E-state index contributed by atoms with van der Waals surface area (Å²) >= 11 is 0. The molecule has 1 unspecified atom stereocenters. The second kappa shape index (κ2) is 6.34. The number of nitrogens with one attached hydrogen (secondary N) is 1. The molecule has 0 aromatic heterocycles. The number of carbonyl (C=O) groups excluding carboxylic acids is 2. The minimum absolute atomic E-state index is 0.124. The van der Waals surface area contributed by atoms with Crippen LogP contribution in [0.4, 0.5) is 0 Å². The monoisotopic (exact) mass is 269 g/mol. The lowest BCUT2D eigenvalue weighted by atomic mass is 10.0. The quantitative estimate of drug-likeness (QED) is 0.703. The third kappa shape index (κ3) is 3.91. The molecule has 2 aliphatic rings. The molecule has 1 saturated heterocycles. The maximum Gasteiger partial charge on any atom is 0.239 e. The summed E-state index contributed by atoms with van der Waals surface area (Å²) < 4.78 is 4.86. The Kier molecular flexibility index (Phi) is 4.76. The van der Waals surface area contributed by atoms with E-state index in [-0.39, 0.29) is 24.5 Å². The number of methoxy groups -OCH3 is 1. The molecule has 0 aromatic carbocycles. The number of amides is 2. The molecule has 0 spiro atoms. The van der Waals surface area contributed by atoms with Gasteiger partial charge in [-0.15, -0.1) is 0 Å². The van der Waals surface area contributed by atoms with Crippen LogP contribution in [-0.4, -0.2) is 55.6 Å². The lowest BCUT2D eigenvalue weighted by molar-refractivity contribution is -0.133. The van der Waals surface area contributed by atoms with E-state index >= 15 is 0 Å². The summed E-state index contributed by atoms with van der Waals surface area (Å²) in [6.45, 7) is 1.70. The minimum atomic E-state index is -0.615. The molecule has 19 heavy (non-hydrogen) atoms. The van der Waals surface area contributed by atoms with Gasteiger partial charge in [0, 0.05) is 32.2 Å². The molecule has 0 bridgehead atoms. The maximum absolute atomic E-state index is 11.9. The van der Waals surface area contributed by atoms with E-state index in [0.717, 1.165) is 38.8 Å². The van der Waals surface area contributed by atoms with Gasteiger partial charge in [0.1, 0.15) is 6.04 Å². The number of nitrogens with zero attached hydrogens (tertiary/aromatic N) is 1. The van der Waals surface area contributed by atoms with Gasteiger partial charge in [-0.1, -0.05) is 0 Å². The summed E-state index contributed by atoms with van der Waals surface area (Å²) in [5.74, 6) is 0.399. The Morgan fingerprint density at radius 1 is 1.32 bits per heavy atom. The highest BCUT2D eigenvalue weighted by molar-refractivity contribution is 5.82. The van der Waals surface area contributed by atoms with Crippen LogP contribution in [-0.2, 0) is 14.3 Å². The molecule has 0 aromatic rings. The Hall–Kier alpha value is -1.14. The first kappa shape index (κ1) is 14.3. The number of hydrogen-bond donors (Lipinski definition) is 2. The highest BCUT2D eigenvalue weighted by atomic mass is 16.5. The van der Waals surface area contributed by atoms with Crippen molar-refractivity contribution >= 4 is 11.8 Å². The van der Waals surface area contributed by atoms with Gasteiger partial charge in [0.15, 0.2) is 0 Å². The predicted molar refractivity (Wildman–Crippen MR) is 70.3 cm³/mol. The molecule has 1 saturated carbocycles. The topological polar surface area (TPSA) is 84.7 Å². The van der Waals surface area contributed by atoms with Crippen LogP contribution in [0.5, 0.6) is 0 Å². The molecule has 6 nitrogen and oxygen atoms in total. The Balaban J connectivity index is 1.70. The van der Waals surface area contributed by atoms with Crippen LogP contribution in [0.25, 0.3) is 0 Å². The van der Waals surface area contributed by atoms with Crippen LogP contribution < -0.4 is 11.1 Å². The lowest BCUT2D eigenvalue weighted by Gasteiger charge is -2.33. The molecular weight excluding hydrogens is 246 g/mol. The largest absolute Gasteiger partial charge is 0.383 e. The molecule has 1 aliphatic carbocycles. The van der Waals surface area contributed by atoms with E-state index in [2.05, 4.69) is 5.32 Å². The lowest BCUT2D eigenvalue weighted by Crippen LogP contribution is -2.51. The highest BCUT2D eigenvalue weighted by Crippen LogP contribution is 2.31. The molecule has 2 fully saturated rings. The van der Waals surface area contributed by atoms with Crippen molar-refractivity contribution in [2.45, 2.75) is 37.8 Å². The van der Waals surface area contributed by atoms with Gasteiger partial charge in [-0.05, 0) is 25.7 Å². The number of hydrogen-bond acceptors (Lipinski definition) is 4. The van der Waals surface area contributed by atoms with Crippen LogP contribution in [0.15, 0.2) is 0 Å². The first-order valence-corrected chi connectivity index (χ1v) is 6.95. The number of rotatable bonds is 5. The van der Waals surface area contributed by atoms with Crippen LogP contribution in [0.2, 0.25) is 0 Å². The molecule has 0 radical (unpaired) electrons. The number of piperidine rings is 1. The second-order valence-electron chi connectivity index (χ2n) is 5.44. The van der Waals surface area contributed by atoms with Gasteiger partial charge >= 0.3 is 0 Å². The SMILES string of the molecule is COCC(N)C(=O)NC1CCN(C(=O)C2CC2)CC1. The predicted octanol–water partition coefficient (Wildman–Crippen LogP) is -0.523.